The molecule has 0 bridgehead atoms. The van der Waals surface area contributed by atoms with Crippen molar-refractivity contribution in [2.24, 2.45) is 5.92 Å². The average molecular weight is 299 g/mol. The lowest BCUT2D eigenvalue weighted by Gasteiger charge is -2.30. The Bertz CT molecular complexity index is 591. The zero-order valence-corrected chi connectivity index (χ0v) is 11.7. The maximum atomic E-state index is 12.5. The topological polar surface area (TPSA) is 94.9 Å². The van der Waals surface area contributed by atoms with Gasteiger partial charge in [-0.25, -0.2) is 13.2 Å². The highest BCUT2D eigenvalue weighted by atomic mass is 32.2. The molecule has 110 valence electrons. The van der Waals surface area contributed by atoms with E-state index in [1.807, 2.05) is 0 Å². The van der Waals surface area contributed by atoms with Gasteiger partial charge in [0.2, 0.25) is 10.0 Å². The first-order chi connectivity index (χ1) is 9.46. The highest BCUT2D eigenvalue weighted by molar-refractivity contribution is 7.89. The minimum atomic E-state index is -3.80. The number of aliphatic hydroxyl groups excluding tert-OH is 1. The maximum absolute atomic E-state index is 12.5. The molecule has 1 aromatic carbocycles. The van der Waals surface area contributed by atoms with Crippen molar-refractivity contribution < 1.29 is 23.4 Å². The Morgan fingerprint density at radius 1 is 1.25 bits per heavy atom. The maximum Gasteiger partial charge on any atom is 0.337 e. The fourth-order valence-electron chi connectivity index (χ4n) is 2.34. The number of benzene rings is 1. The first-order valence-electron chi connectivity index (χ1n) is 6.40. The van der Waals surface area contributed by atoms with E-state index in [0.717, 1.165) is 0 Å². The van der Waals surface area contributed by atoms with Crippen LogP contribution in [0.15, 0.2) is 29.2 Å². The van der Waals surface area contributed by atoms with Crippen LogP contribution in [0.4, 0.5) is 0 Å². The van der Waals surface area contributed by atoms with Crippen LogP contribution in [0, 0.1) is 5.92 Å². The Balaban J connectivity index is 2.30. The highest BCUT2D eigenvalue weighted by Crippen LogP contribution is 2.25. The Morgan fingerprint density at radius 3 is 2.40 bits per heavy atom. The molecule has 1 aromatic rings. The number of rotatable bonds is 4. The van der Waals surface area contributed by atoms with E-state index in [9.17, 15) is 13.2 Å². The molecule has 1 saturated heterocycles. The van der Waals surface area contributed by atoms with Crippen LogP contribution in [0.25, 0.3) is 0 Å². The van der Waals surface area contributed by atoms with Gasteiger partial charge in [-0.15, -0.1) is 0 Å². The van der Waals surface area contributed by atoms with E-state index in [-0.39, 0.29) is 23.0 Å². The summed E-state index contributed by atoms with van der Waals surface area (Å²) < 4.78 is 26.3. The lowest BCUT2D eigenvalue weighted by molar-refractivity contribution is 0.0692. The van der Waals surface area contributed by atoms with Crippen LogP contribution in [0.2, 0.25) is 0 Å². The van der Waals surface area contributed by atoms with Crippen LogP contribution in [0.5, 0.6) is 0 Å². The molecule has 1 heterocycles. The third-order valence-electron chi connectivity index (χ3n) is 3.57. The number of nitrogens with zero attached hydrogens (tertiary/aromatic N) is 1. The van der Waals surface area contributed by atoms with Crippen molar-refractivity contribution in [3.8, 4) is 0 Å². The lowest BCUT2D eigenvalue weighted by Crippen LogP contribution is -2.39. The van der Waals surface area contributed by atoms with Crippen molar-refractivity contribution in [2.75, 3.05) is 19.7 Å². The fourth-order valence-corrected chi connectivity index (χ4v) is 3.99. The monoisotopic (exact) mass is 299 g/mol. The van der Waals surface area contributed by atoms with Gasteiger partial charge in [0, 0.05) is 19.7 Å². The number of carboxylic acid groups (broad SMARTS) is 1. The molecule has 7 heteroatoms. The summed E-state index contributed by atoms with van der Waals surface area (Å²) in [4.78, 5) is 11.0. The molecule has 1 fully saturated rings. The number of aliphatic hydroxyl groups is 1. The number of hydrogen-bond donors (Lipinski definition) is 2. The highest BCUT2D eigenvalue weighted by Gasteiger charge is 2.31. The first-order valence-corrected chi connectivity index (χ1v) is 7.84. The molecule has 0 aliphatic carbocycles. The quantitative estimate of drug-likeness (QED) is 0.856. The SMILES string of the molecule is O=C(O)c1ccccc1S(=O)(=O)N1CCC(CO)CC1. The van der Waals surface area contributed by atoms with Crippen LogP contribution in [-0.2, 0) is 10.0 Å². The molecular formula is C13H17NO5S. The minimum absolute atomic E-state index is 0.0552. The van der Waals surface area contributed by atoms with E-state index in [1.165, 1.54) is 28.6 Å². The Morgan fingerprint density at radius 2 is 1.85 bits per heavy atom. The number of carbonyl (C=O) groups is 1. The molecule has 0 amide bonds. The zero-order chi connectivity index (χ0) is 14.8. The molecule has 6 nitrogen and oxygen atoms in total. The van der Waals surface area contributed by atoms with E-state index in [4.69, 9.17) is 10.2 Å². The molecule has 0 unspecified atom stereocenters. The van der Waals surface area contributed by atoms with Crippen LogP contribution in [0.1, 0.15) is 23.2 Å². The van der Waals surface area contributed by atoms with E-state index < -0.39 is 16.0 Å². The third-order valence-corrected chi connectivity index (χ3v) is 5.52. The van der Waals surface area contributed by atoms with Crippen molar-refractivity contribution >= 4 is 16.0 Å². The Kier molecular flexibility index (Phi) is 4.42. The molecule has 0 saturated carbocycles. The molecule has 2 N–H and O–H groups in total. The van der Waals surface area contributed by atoms with Crippen molar-refractivity contribution in [1.29, 1.82) is 0 Å². The predicted octanol–water partition coefficient (Wildman–Crippen LogP) is 0.778. The van der Waals surface area contributed by atoms with Crippen LogP contribution >= 0.6 is 0 Å². The van der Waals surface area contributed by atoms with Gasteiger partial charge in [-0.2, -0.15) is 4.31 Å². The lowest BCUT2D eigenvalue weighted by atomic mass is 10.00. The molecule has 1 aliphatic heterocycles. The second kappa shape index (κ2) is 5.90. The molecule has 0 aromatic heterocycles. The Hall–Kier alpha value is -1.44. The number of aromatic carboxylic acids is 1. The van der Waals surface area contributed by atoms with Gasteiger partial charge < -0.3 is 10.2 Å². The number of carboxylic acids is 1. The van der Waals surface area contributed by atoms with Crippen molar-refractivity contribution in [1.82, 2.24) is 4.31 Å². The van der Waals surface area contributed by atoms with Gasteiger partial charge in [0.15, 0.2) is 0 Å². The van der Waals surface area contributed by atoms with Crippen LogP contribution < -0.4 is 0 Å². The molecule has 1 aliphatic rings. The molecule has 20 heavy (non-hydrogen) atoms. The van der Waals surface area contributed by atoms with Crippen molar-refractivity contribution in [3.63, 3.8) is 0 Å². The van der Waals surface area contributed by atoms with Gasteiger partial charge in [0.05, 0.1) is 10.5 Å². The molecule has 2 rings (SSSR count). The van der Waals surface area contributed by atoms with E-state index in [1.54, 1.807) is 0 Å². The summed E-state index contributed by atoms with van der Waals surface area (Å²) in [5.41, 5.74) is -0.211. The van der Waals surface area contributed by atoms with Gasteiger partial charge in [-0.1, -0.05) is 12.1 Å². The normalized spacial score (nSPS) is 18.1. The number of sulfonamides is 1. The average Bonchev–Trinajstić information content (AvgIpc) is 2.47. The number of hydrogen-bond acceptors (Lipinski definition) is 4. The van der Waals surface area contributed by atoms with E-state index in [0.29, 0.717) is 25.9 Å². The van der Waals surface area contributed by atoms with Gasteiger partial charge in [-0.3, -0.25) is 0 Å². The predicted molar refractivity (Wildman–Crippen MR) is 72.0 cm³/mol. The Labute approximate surface area is 117 Å². The summed E-state index contributed by atoms with van der Waals surface area (Å²) in [5.74, 6) is -1.13. The molecule has 0 radical (unpaired) electrons. The third kappa shape index (κ3) is 2.84. The van der Waals surface area contributed by atoms with Gasteiger partial charge in [-0.05, 0) is 30.9 Å². The van der Waals surface area contributed by atoms with E-state index in [2.05, 4.69) is 0 Å². The summed E-state index contributed by atoms with van der Waals surface area (Å²) in [6, 6.07) is 5.62. The standard InChI is InChI=1S/C13H17NO5S/c15-9-10-5-7-14(8-6-10)20(18,19)12-4-2-1-3-11(12)13(16)17/h1-4,10,15H,5-9H2,(H,16,17). The second-order valence-corrected chi connectivity index (χ2v) is 6.74. The minimum Gasteiger partial charge on any atom is -0.478 e. The zero-order valence-electron chi connectivity index (χ0n) is 10.9. The van der Waals surface area contributed by atoms with Crippen LogP contribution in [-0.4, -0.2) is 48.6 Å². The first kappa shape index (κ1) is 15.0. The smallest absolute Gasteiger partial charge is 0.337 e. The van der Waals surface area contributed by atoms with Gasteiger partial charge >= 0.3 is 5.97 Å². The fraction of sp³-hybridized carbons (Fsp3) is 0.462. The molecule has 0 spiro atoms. The summed E-state index contributed by atoms with van der Waals surface area (Å²) in [6.07, 6.45) is 1.18. The summed E-state index contributed by atoms with van der Waals surface area (Å²) in [5, 5.41) is 18.2. The van der Waals surface area contributed by atoms with Crippen molar-refractivity contribution in [3.05, 3.63) is 29.8 Å². The summed E-state index contributed by atoms with van der Waals surface area (Å²) in [6.45, 7) is 0.669. The number of piperidine rings is 1. The van der Waals surface area contributed by atoms with Crippen molar-refractivity contribution in [2.45, 2.75) is 17.7 Å². The second-order valence-electron chi connectivity index (χ2n) is 4.83. The molecule has 0 atom stereocenters. The summed E-state index contributed by atoms with van der Waals surface area (Å²) in [7, 11) is -3.80. The van der Waals surface area contributed by atoms with Gasteiger partial charge in [0.25, 0.3) is 0 Å². The van der Waals surface area contributed by atoms with Gasteiger partial charge in [0.1, 0.15) is 0 Å². The largest absolute Gasteiger partial charge is 0.478 e. The molecular weight excluding hydrogens is 282 g/mol. The van der Waals surface area contributed by atoms with Crippen LogP contribution in [0.3, 0.4) is 0 Å². The summed E-state index contributed by atoms with van der Waals surface area (Å²) >= 11 is 0. The van der Waals surface area contributed by atoms with E-state index >= 15 is 0 Å².